The maximum Gasteiger partial charge on any atom is 0.314 e. The van der Waals surface area contributed by atoms with Gasteiger partial charge in [-0.05, 0) is 44.0 Å². The summed E-state index contributed by atoms with van der Waals surface area (Å²) in [5.41, 5.74) is 1.36. The number of esters is 1. The second-order valence-electron chi connectivity index (χ2n) is 6.28. The first kappa shape index (κ1) is 18.9. The summed E-state index contributed by atoms with van der Waals surface area (Å²) >= 11 is 0. The fraction of sp³-hybridized carbons (Fsp3) is 0.500. The minimum absolute atomic E-state index is 0.0909. The number of nitrogens with one attached hydrogen (secondary N) is 3. The number of piperidine rings is 1. The fourth-order valence-corrected chi connectivity index (χ4v) is 3.05. The first-order valence-electron chi connectivity index (χ1n) is 8.65. The lowest BCUT2D eigenvalue weighted by Crippen LogP contribution is -3.14. The average molecular weight is 348 g/mol. The molecule has 1 saturated heterocycles. The van der Waals surface area contributed by atoms with Gasteiger partial charge in [0, 0.05) is 18.3 Å². The molecule has 2 amide bonds. The smallest absolute Gasteiger partial charge is 0.314 e. The molecule has 0 saturated carbocycles. The SMILES string of the molecule is CCOC(=O)[C@H]1CCC[NH+](CC(=O)Nc2ccc(NC(C)=O)cc2)C1. The molecule has 1 aliphatic heterocycles. The van der Waals surface area contributed by atoms with Crippen molar-refractivity contribution in [1.29, 1.82) is 0 Å². The van der Waals surface area contributed by atoms with Crippen molar-refractivity contribution in [1.82, 2.24) is 0 Å². The molecule has 0 aromatic heterocycles. The van der Waals surface area contributed by atoms with Crippen LogP contribution in [0, 0.1) is 5.92 Å². The number of anilines is 2. The van der Waals surface area contributed by atoms with Gasteiger partial charge in [-0.25, -0.2) is 0 Å². The van der Waals surface area contributed by atoms with Crippen LogP contribution in [0.25, 0.3) is 0 Å². The number of quaternary nitrogens is 1. The second kappa shape index (κ2) is 9.17. The molecule has 0 spiro atoms. The highest BCUT2D eigenvalue weighted by molar-refractivity contribution is 5.92. The number of rotatable bonds is 6. The molecule has 0 radical (unpaired) electrons. The van der Waals surface area contributed by atoms with E-state index in [0.29, 0.717) is 31.1 Å². The third-order valence-corrected chi connectivity index (χ3v) is 4.14. The first-order valence-corrected chi connectivity index (χ1v) is 8.65. The summed E-state index contributed by atoms with van der Waals surface area (Å²) in [6.45, 7) is 5.47. The van der Waals surface area contributed by atoms with Gasteiger partial charge in [-0.2, -0.15) is 0 Å². The van der Waals surface area contributed by atoms with Crippen LogP contribution in [-0.2, 0) is 19.1 Å². The molecule has 2 atom stereocenters. The number of amides is 2. The van der Waals surface area contributed by atoms with Crippen molar-refractivity contribution in [3.8, 4) is 0 Å². The lowest BCUT2D eigenvalue weighted by atomic mass is 9.98. The van der Waals surface area contributed by atoms with Crippen molar-refractivity contribution < 1.29 is 24.0 Å². The summed E-state index contributed by atoms with van der Waals surface area (Å²) in [6.07, 6.45) is 1.74. The molecule has 1 unspecified atom stereocenters. The number of carbonyl (C=O) groups excluding carboxylic acids is 3. The van der Waals surface area contributed by atoms with Crippen LogP contribution in [0.4, 0.5) is 11.4 Å². The maximum atomic E-state index is 12.2. The Kier molecular flexibility index (Phi) is 6.94. The molecule has 3 N–H and O–H groups in total. The quantitative estimate of drug-likeness (QED) is 0.651. The molecule has 0 bridgehead atoms. The summed E-state index contributed by atoms with van der Waals surface area (Å²) in [5.74, 6) is -0.504. The molecule has 25 heavy (non-hydrogen) atoms. The average Bonchev–Trinajstić information content (AvgIpc) is 2.56. The summed E-state index contributed by atoms with van der Waals surface area (Å²) in [5, 5.41) is 5.53. The monoisotopic (exact) mass is 348 g/mol. The van der Waals surface area contributed by atoms with E-state index >= 15 is 0 Å². The molecule has 1 aromatic rings. The molecular formula is C18H26N3O4+. The summed E-state index contributed by atoms with van der Waals surface area (Å²) in [7, 11) is 0. The number of ether oxygens (including phenoxy) is 1. The Balaban J connectivity index is 1.83. The molecule has 0 aliphatic carbocycles. The van der Waals surface area contributed by atoms with E-state index in [1.54, 1.807) is 31.2 Å². The van der Waals surface area contributed by atoms with Gasteiger partial charge in [-0.1, -0.05) is 0 Å². The van der Waals surface area contributed by atoms with Gasteiger partial charge in [0.15, 0.2) is 6.54 Å². The lowest BCUT2D eigenvalue weighted by molar-refractivity contribution is -0.899. The van der Waals surface area contributed by atoms with E-state index in [-0.39, 0.29) is 23.7 Å². The third-order valence-electron chi connectivity index (χ3n) is 4.14. The Morgan fingerprint density at radius 1 is 1.16 bits per heavy atom. The van der Waals surface area contributed by atoms with E-state index in [4.69, 9.17) is 4.74 Å². The van der Waals surface area contributed by atoms with Crippen LogP contribution < -0.4 is 15.5 Å². The Morgan fingerprint density at radius 3 is 2.40 bits per heavy atom. The molecule has 136 valence electrons. The molecule has 7 heteroatoms. The minimum atomic E-state index is -0.159. The van der Waals surface area contributed by atoms with E-state index in [9.17, 15) is 14.4 Å². The van der Waals surface area contributed by atoms with Crippen molar-refractivity contribution in [2.75, 3.05) is 36.9 Å². The van der Waals surface area contributed by atoms with Gasteiger partial charge in [0.1, 0.15) is 5.92 Å². The van der Waals surface area contributed by atoms with E-state index < -0.39 is 0 Å². The normalized spacial score (nSPS) is 19.8. The highest BCUT2D eigenvalue weighted by Gasteiger charge is 2.30. The molecule has 1 heterocycles. The Bertz CT molecular complexity index is 615. The molecule has 1 fully saturated rings. The van der Waals surface area contributed by atoms with Gasteiger partial charge in [0.2, 0.25) is 5.91 Å². The van der Waals surface area contributed by atoms with E-state index in [1.165, 1.54) is 6.92 Å². The third kappa shape index (κ3) is 6.19. The number of benzene rings is 1. The summed E-state index contributed by atoms with van der Waals surface area (Å²) in [6, 6.07) is 6.97. The van der Waals surface area contributed by atoms with Gasteiger partial charge in [-0.3, -0.25) is 14.4 Å². The van der Waals surface area contributed by atoms with Crippen LogP contribution in [-0.4, -0.2) is 44.0 Å². The number of hydrogen-bond donors (Lipinski definition) is 3. The largest absolute Gasteiger partial charge is 0.466 e. The van der Waals surface area contributed by atoms with Crippen LogP contribution in [0.2, 0.25) is 0 Å². The van der Waals surface area contributed by atoms with Crippen LogP contribution in [0.3, 0.4) is 0 Å². The van der Waals surface area contributed by atoms with Crippen molar-refractivity contribution in [2.45, 2.75) is 26.7 Å². The molecule has 1 aliphatic rings. The summed E-state index contributed by atoms with van der Waals surface area (Å²) in [4.78, 5) is 36.2. The number of carbonyl (C=O) groups is 3. The zero-order valence-corrected chi connectivity index (χ0v) is 14.8. The maximum absolute atomic E-state index is 12.2. The predicted octanol–water partition coefficient (Wildman–Crippen LogP) is 0.442. The van der Waals surface area contributed by atoms with E-state index in [0.717, 1.165) is 24.3 Å². The molecule has 7 nitrogen and oxygen atoms in total. The zero-order valence-electron chi connectivity index (χ0n) is 14.8. The number of hydrogen-bond acceptors (Lipinski definition) is 4. The van der Waals surface area contributed by atoms with Gasteiger partial charge >= 0.3 is 5.97 Å². The lowest BCUT2D eigenvalue weighted by Gasteiger charge is -2.28. The van der Waals surface area contributed by atoms with Crippen LogP contribution >= 0.6 is 0 Å². The molecule has 2 rings (SSSR count). The fourth-order valence-electron chi connectivity index (χ4n) is 3.05. The van der Waals surface area contributed by atoms with Crippen molar-refractivity contribution in [3.05, 3.63) is 24.3 Å². The van der Waals surface area contributed by atoms with Crippen LogP contribution in [0.5, 0.6) is 0 Å². The van der Waals surface area contributed by atoms with E-state index in [2.05, 4.69) is 10.6 Å². The van der Waals surface area contributed by atoms with E-state index in [1.807, 2.05) is 0 Å². The van der Waals surface area contributed by atoms with Gasteiger partial charge < -0.3 is 20.3 Å². The van der Waals surface area contributed by atoms with Crippen molar-refractivity contribution in [2.24, 2.45) is 5.92 Å². The van der Waals surface area contributed by atoms with Gasteiger partial charge in [-0.15, -0.1) is 0 Å². The Labute approximate surface area is 147 Å². The minimum Gasteiger partial charge on any atom is -0.466 e. The summed E-state index contributed by atoms with van der Waals surface area (Å²) < 4.78 is 5.09. The highest BCUT2D eigenvalue weighted by Crippen LogP contribution is 2.13. The molecular weight excluding hydrogens is 322 g/mol. The zero-order chi connectivity index (χ0) is 18.2. The molecule has 1 aromatic carbocycles. The second-order valence-corrected chi connectivity index (χ2v) is 6.28. The van der Waals surface area contributed by atoms with Gasteiger partial charge in [0.25, 0.3) is 5.91 Å². The van der Waals surface area contributed by atoms with Crippen LogP contribution in [0.15, 0.2) is 24.3 Å². The Morgan fingerprint density at radius 2 is 1.80 bits per heavy atom. The Hall–Kier alpha value is -2.41. The first-order chi connectivity index (χ1) is 12.0. The standard InChI is InChI=1S/C18H25N3O4/c1-3-25-18(24)14-5-4-10-21(11-14)12-17(23)20-16-8-6-15(7-9-16)19-13(2)22/h6-9,14H,3-5,10-12H2,1-2H3,(H,19,22)(H,20,23)/p+1/t14-/m0/s1. The van der Waals surface area contributed by atoms with Crippen LogP contribution in [0.1, 0.15) is 26.7 Å². The van der Waals surface area contributed by atoms with Crippen molar-refractivity contribution >= 4 is 29.2 Å². The highest BCUT2D eigenvalue weighted by atomic mass is 16.5. The van der Waals surface area contributed by atoms with Gasteiger partial charge in [0.05, 0.1) is 19.7 Å². The number of likely N-dealkylation sites (tertiary alicyclic amines) is 1. The predicted molar refractivity (Wildman–Crippen MR) is 94.3 cm³/mol. The van der Waals surface area contributed by atoms with Crippen molar-refractivity contribution in [3.63, 3.8) is 0 Å². The topological polar surface area (TPSA) is 88.9 Å².